The molecule has 0 aromatic heterocycles. The van der Waals surface area contributed by atoms with Gasteiger partial charge in [0.2, 0.25) is 0 Å². The second kappa shape index (κ2) is 3.59. The molecule has 1 heteroatoms. The van der Waals surface area contributed by atoms with E-state index in [0.29, 0.717) is 5.92 Å². The molecule has 0 bridgehead atoms. The topological polar surface area (TPSA) is 20.2 Å². The van der Waals surface area contributed by atoms with Crippen molar-refractivity contribution in [2.75, 3.05) is 0 Å². The van der Waals surface area contributed by atoms with E-state index in [1.165, 1.54) is 0 Å². The molecule has 11 heavy (non-hydrogen) atoms. The lowest BCUT2D eigenvalue weighted by atomic mass is 9.81. The van der Waals surface area contributed by atoms with E-state index < -0.39 is 6.10 Å². The van der Waals surface area contributed by atoms with Gasteiger partial charge in [0.1, 0.15) is 6.10 Å². The van der Waals surface area contributed by atoms with Gasteiger partial charge in [0.05, 0.1) is 0 Å². The molecule has 1 N–H and O–H groups in total. The van der Waals surface area contributed by atoms with Crippen LogP contribution in [0.2, 0.25) is 0 Å². The standard InChI is InChI=1S/C10H14O/c1-3-10(11)9-7-5-4-6-8(9)2/h1,4-5,8-11H,6-7H2,2H3. The van der Waals surface area contributed by atoms with Crippen LogP contribution in [-0.2, 0) is 0 Å². The SMILES string of the molecule is C#CC(O)C1CC=CCC1C. The fraction of sp³-hybridized carbons (Fsp3) is 0.600. The van der Waals surface area contributed by atoms with Crippen molar-refractivity contribution in [3.8, 4) is 12.3 Å². The molecule has 3 unspecified atom stereocenters. The zero-order valence-electron chi connectivity index (χ0n) is 6.83. The molecule has 1 aliphatic rings. The molecular weight excluding hydrogens is 136 g/mol. The smallest absolute Gasteiger partial charge is 0.117 e. The number of aliphatic hydroxyl groups excluding tert-OH is 1. The first-order valence-electron chi connectivity index (χ1n) is 4.05. The highest BCUT2D eigenvalue weighted by Crippen LogP contribution is 2.27. The van der Waals surface area contributed by atoms with E-state index in [4.69, 9.17) is 6.42 Å². The summed E-state index contributed by atoms with van der Waals surface area (Å²) in [5, 5.41) is 9.38. The van der Waals surface area contributed by atoms with Crippen LogP contribution >= 0.6 is 0 Å². The molecule has 0 saturated carbocycles. The molecule has 0 amide bonds. The number of hydrogen-bond donors (Lipinski definition) is 1. The van der Waals surface area contributed by atoms with Gasteiger partial charge in [0, 0.05) is 5.92 Å². The summed E-state index contributed by atoms with van der Waals surface area (Å²) in [6.07, 6.45) is 10.8. The maximum atomic E-state index is 9.38. The monoisotopic (exact) mass is 150 g/mol. The number of terminal acetylenes is 1. The number of hydrogen-bond acceptors (Lipinski definition) is 1. The highest BCUT2D eigenvalue weighted by atomic mass is 16.3. The molecule has 0 spiro atoms. The molecule has 0 aromatic carbocycles. The van der Waals surface area contributed by atoms with E-state index in [0.717, 1.165) is 12.8 Å². The minimum Gasteiger partial charge on any atom is -0.380 e. The Morgan fingerprint density at radius 3 is 2.73 bits per heavy atom. The molecule has 1 nitrogen and oxygen atoms in total. The zero-order chi connectivity index (χ0) is 8.27. The predicted octanol–water partition coefficient (Wildman–Crippen LogP) is 1.58. The molecule has 0 aromatic rings. The Kier molecular flexibility index (Phi) is 2.73. The number of allylic oxidation sites excluding steroid dienone is 2. The van der Waals surface area contributed by atoms with Gasteiger partial charge in [0.15, 0.2) is 0 Å². The maximum absolute atomic E-state index is 9.38. The van der Waals surface area contributed by atoms with Gasteiger partial charge in [-0.05, 0) is 18.8 Å². The Morgan fingerprint density at radius 1 is 1.55 bits per heavy atom. The summed E-state index contributed by atoms with van der Waals surface area (Å²) in [5.74, 6) is 3.17. The Balaban J connectivity index is 2.58. The van der Waals surface area contributed by atoms with Crippen LogP contribution in [0.1, 0.15) is 19.8 Å². The van der Waals surface area contributed by atoms with E-state index in [2.05, 4.69) is 25.0 Å². The van der Waals surface area contributed by atoms with Crippen LogP contribution in [0.5, 0.6) is 0 Å². The van der Waals surface area contributed by atoms with Crippen LogP contribution in [0.25, 0.3) is 0 Å². The summed E-state index contributed by atoms with van der Waals surface area (Å²) >= 11 is 0. The van der Waals surface area contributed by atoms with Gasteiger partial charge in [-0.15, -0.1) is 6.42 Å². The van der Waals surface area contributed by atoms with Crippen molar-refractivity contribution in [2.45, 2.75) is 25.9 Å². The fourth-order valence-corrected chi connectivity index (χ4v) is 1.54. The summed E-state index contributed by atoms with van der Waals surface area (Å²) in [7, 11) is 0. The van der Waals surface area contributed by atoms with Crippen LogP contribution in [0.3, 0.4) is 0 Å². The van der Waals surface area contributed by atoms with Gasteiger partial charge >= 0.3 is 0 Å². The lowest BCUT2D eigenvalue weighted by Gasteiger charge is -2.26. The molecule has 1 aliphatic carbocycles. The first-order chi connectivity index (χ1) is 5.25. The van der Waals surface area contributed by atoms with Crippen LogP contribution in [0.4, 0.5) is 0 Å². The van der Waals surface area contributed by atoms with Crippen molar-refractivity contribution < 1.29 is 5.11 Å². The van der Waals surface area contributed by atoms with Crippen LogP contribution in [0.15, 0.2) is 12.2 Å². The van der Waals surface area contributed by atoms with E-state index >= 15 is 0 Å². The van der Waals surface area contributed by atoms with Gasteiger partial charge < -0.3 is 5.11 Å². The Bertz CT molecular complexity index is 188. The Labute approximate surface area is 68.1 Å². The van der Waals surface area contributed by atoms with E-state index in [9.17, 15) is 5.11 Å². The van der Waals surface area contributed by atoms with Crippen molar-refractivity contribution in [1.82, 2.24) is 0 Å². The lowest BCUT2D eigenvalue weighted by molar-refractivity contribution is 0.123. The highest BCUT2D eigenvalue weighted by molar-refractivity contribution is 5.04. The van der Waals surface area contributed by atoms with Gasteiger partial charge in [-0.25, -0.2) is 0 Å². The molecule has 3 atom stereocenters. The van der Waals surface area contributed by atoms with Crippen molar-refractivity contribution in [3.05, 3.63) is 12.2 Å². The first kappa shape index (κ1) is 8.36. The van der Waals surface area contributed by atoms with Crippen LogP contribution in [0, 0.1) is 24.2 Å². The highest BCUT2D eigenvalue weighted by Gasteiger charge is 2.23. The molecule has 0 heterocycles. The number of aliphatic hydroxyl groups is 1. The van der Waals surface area contributed by atoms with Crippen LogP contribution < -0.4 is 0 Å². The average molecular weight is 150 g/mol. The van der Waals surface area contributed by atoms with E-state index in [-0.39, 0.29) is 5.92 Å². The van der Waals surface area contributed by atoms with Crippen molar-refractivity contribution in [2.24, 2.45) is 11.8 Å². The molecule has 0 fully saturated rings. The third kappa shape index (κ3) is 1.85. The molecule has 1 rings (SSSR count). The Morgan fingerprint density at radius 2 is 2.18 bits per heavy atom. The zero-order valence-corrected chi connectivity index (χ0v) is 6.83. The molecular formula is C10H14O. The molecule has 0 aliphatic heterocycles. The third-order valence-corrected chi connectivity index (χ3v) is 2.39. The normalized spacial score (nSPS) is 32.8. The summed E-state index contributed by atoms with van der Waals surface area (Å²) in [4.78, 5) is 0. The maximum Gasteiger partial charge on any atom is 0.117 e. The largest absolute Gasteiger partial charge is 0.380 e. The van der Waals surface area contributed by atoms with Gasteiger partial charge in [-0.2, -0.15) is 0 Å². The predicted molar refractivity (Wildman–Crippen MR) is 45.9 cm³/mol. The van der Waals surface area contributed by atoms with Gasteiger partial charge in [-0.3, -0.25) is 0 Å². The molecule has 0 radical (unpaired) electrons. The summed E-state index contributed by atoms with van der Waals surface area (Å²) in [6.45, 7) is 2.13. The average Bonchev–Trinajstić information content (AvgIpc) is 2.04. The van der Waals surface area contributed by atoms with Crippen molar-refractivity contribution in [3.63, 3.8) is 0 Å². The Hall–Kier alpha value is -0.740. The molecule has 60 valence electrons. The number of rotatable bonds is 1. The van der Waals surface area contributed by atoms with Gasteiger partial charge in [-0.1, -0.05) is 25.0 Å². The van der Waals surface area contributed by atoms with E-state index in [1.807, 2.05) is 0 Å². The minimum atomic E-state index is -0.560. The van der Waals surface area contributed by atoms with Crippen molar-refractivity contribution in [1.29, 1.82) is 0 Å². The summed E-state index contributed by atoms with van der Waals surface area (Å²) < 4.78 is 0. The lowest BCUT2D eigenvalue weighted by Crippen LogP contribution is -2.26. The first-order valence-corrected chi connectivity index (χ1v) is 4.05. The molecule has 0 saturated heterocycles. The fourth-order valence-electron chi connectivity index (χ4n) is 1.54. The van der Waals surface area contributed by atoms with Crippen LogP contribution in [-0.4, -0.2) is 11.2 Å². The summed E-state index contributed by atoms with van der Waals surface area (Å²) in [6, 6.07) is 0. The third-order valence-electron chi connectivity index (χ3n) is 2.39. The minimum absolute atomic E-state index is 0.269. The second-order valence-electron chi connectivity index (χ2n) is 3.20. The summed E-state index contributed by atoms with van der Waals surface area (Å²) in [5.41, 5.74) is 0. The quantitative estimate of drug-likeness (QED) is 0.444. The van der Waals surface area contributed by atoms with Gasteiger partial charge in [0.25, 0.3) is 0 Å². The van der Waals surface area contributed by atoms with E-state index in [1.54, 1.807) is 0 Å². The van der Waals surface area contributed by atoms with Crippen molar-refractivity contribution >= 4 is 0 Å². The second-order valence-corrected chi connectivity index (χ2v) is 3.20.